The smallest absolute Gasteiger partial charge is 0.141 e. The molecule has 0 saturated heterocycles. The van der Waals surface area contributed by atoms with Gasteiger partial charge in [-0.2, -0.15) is 0 Å². The molecule has 0 aliphatic rings. The van der Waals surface area contributed by atoms with Crippen LogP contribution in [0.15, 0.2) is 48.5 Å². The van der Waals surface area contributed by atoms with Crippen molar-refractivity contribution >= 4 is 16.7 Å². The van der Waals surface area contributed by atoms with Gasteiger partial charge in [-0.1, -0.05) is 12.1 Å². The topological polar surface area (TPSA) is 39.1 Å². The van der Waals surface area contributed by atoms with Crippen molar-refractivity contribution in [3.8, 4) is 11.4 Å². The molecule has 0 saturated carbocycles. The lowest BCUT2D eigenvalue weighted by Gasteiger charge is -2.09. The van der Waals surface area contributed by atoms with Crippen LogP contribution in [-0.2, 0) is 11.3 Å². The van der Waals surface area contributed by atoms with Gasteiger partial charge in [-0.15, -0.1) is 0 Å². The normalized spacial score (nSPS) is 11.0. The van der Waals surface area contributed by atoms with Gasteiger partial charge in [0.15, 0.2) is 0 Å². The van der Waals surface area contributed by atoms with E-state index in [1.165, 1.54) is 0 Å². The molecule has 0 spiro atoms. The standard InChI is InChI=1S/C17H19N3O/c1-18-14-9-7-13(8-10-14)17-19-15-5-3-4-6-16(15)20(17)11-12-21-2/h3-10,18H,11-12H2,1-2H3. The van der Waals surface area contributed by atoms with Crippen LogP contribution in [0.25, 0.3) is 22.4 Å². The SMILES string of the molecule is CNc1ccc(-c2nc3ccccc3n2CCOC)cc1. The van der Waals surface area contributed by atoms with E-state index in [4.69, 9.17) is 9.72 Å². The maximum atomic E-state index is 5.23. The minimum Gasteiger partial charge on any atom is -0.388 e. The van der Waals surface area contributed by atoms with Crippen molar-refractivity contribution in [2.24, 2.45) is 0 Å². The molecule has 0 aliphatic heterocycles. The van der Waals surface area contributed by atoms with Crippen LogP contribution >= 0.6 is 0 Å². The molecule has 0 amide bonds. The average Bonchev–Trinajstić information content (AvgIpc) is 2.91. The number of nitrogens with zero attached hydrogens (tertiary/aromatic N) is 2. The van der Waals surface area contributed by atoms with Crippen LogP contribution in [0.3, 0.4) is 0 Å². The molecule has 2 aromatic carbocycles. The van der Waals surface area contributed by atoms with E-state index in [0.29, 0.717) is 6.61 Å². The summed E-state index contributed by atoms with van der Waals surface area (Å²) in [6.45, 7) is 1.46. The minimum absolute atomic E-state index is 0.669. The summed E-state index contributed by atoms with van der Waals surface area (Å²) < 4.78 is 7.45. The third kappa shape index (κ3) is 2.62. The number of aromatic nitrogens is 2. The predicted molar refractivity (Wildman–Crippen MR) is 86.6 cm³/mol. The monoisotopic (exact) mass is 281 g/mol. The molecule has 108 valence electrons. The summed E-state index contributed by atoms with van der Waals surface area (Å²) in [7, 11) is 3.64. The van der Waals surface area contributed by atoms with E-state index in [-0.39, 0.29) is 0 Å². The third-order valence-corrected chi connectivity index (χ3v) is 3.61. The number of imidazole rings is 1. The van der Waals surface area contributed by atoms with Crippen molar-refractivity contribution in [2.45, 2.75) is 6.54 Å². The summed E-state index contributed by atoms with van der Waals surface area (Å²) >= 11 is 0. The Balaban J connectivity index is 2.10. The van der Waals surface area contributed by atoms with E-state index < -0.39 is 0 Å². The summed E-state index contributed by atoms with van der Waals surface area (Å²) in [6.07, 6.45) is 0. The van der Waals surface area contributed by atoms with Crippen LogP contribution in [0.2, 0.25) is 0 Å². The molecule has 0 aliphatic carbocycles. The van der Waals surface area contributed by atoms with Gasteiger partial charge in [0.25, 0.3) is 0 Å². The zero-order chi connectivity index (χ0) is 14.7. The summed E-state index contributed by atoms with van der Waals surface area (Å²) in [4.78, 5) is 4.78. The first kappa shape index (κ1) is 13.6. The van der Waals surface area contributed by atoms with E-state index in [9.17, 15) is 0 Å². The maximum absolute atomic E-state index is 5.23. The van der Waals surface area contributed by atoms with E-state index >= 15 is 0 Å². The van der Waals surface area contributed by atoms with Gasteiger partial charge in [-0.3, -0.25) is 0 Å². The molecule has 0 atom stereocenters. The van der Waals surface area contributed by atoms with Gasteiger partial charge >= 0.3 is 0 Å². The molecule has 1 aromatic heterocycles. The number of hydrogen-bond donors (Lipinski definition) is 1. The second-order valence-electron chi connectivity index (χ2n) is 4.90. The van der Waals surface area contributed by atoms with Gasteiger partial charge in [0, 0.05) is 32.0 Å². The Labute approximate surface area is 124 Å². The van der Waals surface area contributed by atoms with Crippen LogP contribution in [0.1, 0.15) is 0 Å². The van der Waals surface area contributed by atoms with Gasteiger partial charge in [0.05, 0.1) is 17.6 Å². The summed E-state index contributed by atoms with van der Waals surface area (Å²) in [6, 6.07) is 16.5. The third-order valence-electron chi connectivity index (χ3n) is 3.61. The van der Waals surface area contributed by atoms with Crippen molar-refractivity contribution in [1.82, 2.24) is 9.55 Å². The Bertz CT molecular complexity index is 731. The van der Waals surface area contributed by atoms with Gasteiger partial charge in [0.2, 0.25) is 0 Å². The predicted octanol–water partition coefficient (Wildman–Crippen LogP) is 3.39. The number of hydrogen-bond acceptors (Lipinski definition) is 3. The summed E-state index contributed by atoms with van der Waals surface area (Å²) in [5, 5.41) is 3.13. The van der Waals surface area contributed by atoms with Crippen molar-refractivity contribution in [2.75, 3.05) is 26.1 Å². The quantitative estimate of drug-likeness (QED) is 0.779. The lowest BCUT2D eigenvalue weighted by atomic mass is 10.2. The fourth-order valence-electron chi connectivity index (χ4n) is 2.49. The van der Waals surface area contributed by atoms with Gasteiger partial charge in [0.1, 0.15) is 5.82 Å². The fourth-order valence-corrected chi connectivity index (χ4v) is 2.49. The Morgan fingerprint density at radius 2 is 1.86 bits per heavy atom. The van der Waals surface area contributed by atoms with Crippen molar-refractivity contribution in [3.05, 3.63) is 48.5 Å². The van der Waals surface area contributed by atoms with Crippen LogP contribution < -0.4 is 5.32 Å². The molecule has 3 aromatic rings. The largest absolute Gasteiger partial charge is 0.388 e. The first-order chi connectivity index (χ1) is 10.3. The first-order valence-corrected chi connectivity index (χ1v) is 7.06. The van der Waals surface area contributed by atoms with Crippen molar-refractivity contribution < 1.29 is 4.74 Å². The average molecular weight is 281 g/mol. The number of para-hydroxylation sites is 2. The van der Waals surface area contributed by atoms with Gasteiger partial charge in [-0.05, 0) is 36.4 Å². The highest BCUT2D eigenvalue weighted by atomic mass is 16.5. The summed E-state index contributed by atoms with van der Waals surface area (Å²) in [5.74, 6) is 0.982. The minimum atomic E-state index is 0.669. The van der Waals surface area contributed by atoms with E-state index in [2.05, 4.69) is 40.2 Å². The van der Waals surface area contributed by atoms with Crippen molar-refractivity contribution in [1.29, 1.82) is 0 Å². The van der Waals surface area contributed by atoms with Gasteiger partial charge in [-0.25, -0.2) is 4.98 Å². The summed E-state index contributed by atoms with van der Waals surface area (Å²) in [5.41, 5.74) is 4.36. The lowest BCUT2D eigenvalue weighted by molar-refractivity contribution is 0.188. The highest BCUT2D eigenvalue weighted by Gasteiger charge is 2.11. The van der Waals surface area contributed by atoms with Crippen LogP contribution in [0.4, 0.5) is 5.69 Å². The second kappa shape index (κ2) is 5.97. The van der Waals surface area contributed by atoms with Crippen LogP contribution in [0.5, 0.6) is 0 Å². The zero-order valence-electron chi connectivity index (χ0n) is 12.3. The molecule has 4 nitrogen and oxygen atoms in total. The van der Waals surface area contributed by atoms with E-state index in [0.717, 1.165) is 34.7 Å². The van der Waals surface area contributed by atoms with Crippen molar-refractivity contribution in [3.63, 3.8) is 0 Å². The highest BCUT2D eigenvalue weighted by molar-refractivity contribution is 5.80. The second-order valence-corrected chi connectivity index (χ2v) is 4.90. The molecule has 1 heterocycles. The number of anilines is 1. The van der Waals surface area contributed by atoms with Gasteiger partial charge < -0.3 is 14.6 Å². The Hall–Kier alpha value is -2.33. The number of ether oxygens (including phenoxy) is 1. The molecule has 0 fully saturated rings. The lowest BCUT2D eigenvalue weighted by Crippen LogP contribution is -2.05. The first-order valence-electron chi connectivity index (χ1n) is 7.06. The molecule has 3 rings (SSSR count). The molecule has 4 heteroatoms. The molecule has 21 heavy (non-hydrogen) atoms. The molecule has 0 bridgehead atoms. The molecular formula is C17H19N3O. The fraction of sp³-hybridized carbons (Fsp3) is 0.235. The van der Waals surface area contributed by atoms with E-state index in [1.54, 1.807) is 7.11 Å². The molecule has 1 N–H and O–H groups in total. The maximum Gasteiger partial charge on any atom is 0.141 e. The Morgan fingerprint density at radius 1 is 1.10 bits per heavy atom. The number of methoxy groups -OCH3 is 1. The zero-order valence-corrected chi connectivity index (χ0v) is 12.3. The Morgan fingerprint density at radius 3 is 2.57 bits per heavy atom. The number of nitrogens with one attached hydrogen (secondary N) is 1. The highest BCUT2D eigenvalue weighted by Crippen LogP contribution is 2.25. The molecule has 0 unspecified atom stereocenters. The van der Waals surface area contributed by atoms with E-state index in [1.807, 2.05) is 25.2 Å². The Kier molecular flexibility index (Phi) is 3.88. The number of benzene rings is 2. The van der Waals surface area contributed by atoms with Crippen LogP contribution in [-0.4, -0.2) is 30.3 Å². The molecular weight excluding hydrogens is 262 g/mol. The molecule has 0 radical (unpaired) electrons. The number of rotatable bonds is 5. The van der Waals surface area contributed by atoms with Crippen LogP contribution in [0, 0.1) is 0 Å². The number of fused-ring (bicyclic) bond motifs is 1.